The van der Waals surface area contributed by atoms with Crippen LogP contribution in [0.5, 0.6) is 0 Å². The lowest BCUT2D eigenvalue weighted by Crippen LogP contribution is -2.00. The molecule has 2 aliphatic rings. The van der Waals surface area contributed by atoms with Gasteiger partial charge in [0.25, 0.3) is 0 Å². The van der Waals surface area contributed by atoms with E-state index in [1.807, 2.05) is 0 Å². The van der Waals surface area contributed by atoms with Crippen molar-refractivity contribution in [3.05, 3.63) is 106 Å². The smallest absolute Gasteiger partial charge is 0.197 e. The van der Waals surface area contributed by atoms with Crippen LogP contribution in [-0.4, -0.2) is 23.1 Å². The second-order valence-corrected chi connectivity index (χ2v) is 6.27. The Morgan fingerprint density at radius 1 is 0.593 bits per heavy atom. The van der Waals surface area contributed by atoms with Crippen molar-refractivity contribution < 1.29 is 19.2 Å². The number of ketones is 4. The van der Waals surface area contributed by atoms with Gasteiger partial charge in [0.15, 0.2) is 23.1 Å². The Bertz CT molecular complexity index is 1040. The third-order valence-electron chi connectivity index (χ3n) is 4.67. The normalized spacial score (nSPS) is 15.6. The molecule has 0 unspecified atom stereocenters. The highest BCUT2D eigenvalue weighted by Gasteiger charge is 2.32. The predicted octanol–water partition coefficient (Wildman–Crippen LogP) is 3.94. The van der Waals surface area contributed by atoms with Crippen LogP contribution in [0.4, 0.5) is 0 Å². The summed E-state index contributed by atoms with van der Waals surface area (Å²) in [6.45, 7) is 0. The number of carbonyl (C=O) groups is 4. The summed E-state index contributed by atoms with van der Waals surface area (Å²) in [5.74, 6) is -1.09. The molecule has 0 N–H and O–H groups in total. The SMILES string of the molecule is O=C1C(=C/C=C/CC=C2C(=O)c3ccccc3C2=O)C(=O)c2ccccc21. The highest BCUT2D eigenvalue weighted by Crippen LogP contribution is 2.27. The second kappa shape index (κ2) is 6.57. The summed E-state index contributed by atoms with van der Waals surface area (Å²) in [7, 11) is 0. The van der Waals surface area contributed by atoms with E-state index in [0.717, 1.165) is 0 Å². The number of rotatable bonds is 3. The molecule has 0 saturated carbocycles. The van der Waals surface area contributed by atoms with Crippen molar-refractivity contribution in [2.75, 3.05) is 0 Å². The summed E-state index contributed by atoms with van der Waals surface area (Å²) in [6, 6.07) is 13.5. The van der Waals surface area contributed by atoms with Gasteiger partial charge in [0, 0.05) is 22.3 Å². The van der Waals surface area contributed by atoms with E-state index in [1.54, 1.807) is 66.8 Å². The lowest BCUT2D eigenvalue weighted by molar-refractivity contribution is 0.0973. The second-order valence-electron chi connectivity index (χ2n) is 6.27. The van der Waals surface area contributed by atoms with Crippen LogP contribution < -0.4 is 0 Å². The van der Waals surface area contributed by atoms with E-state index >= 15 is 0 Å². The Balaban J connectivity index is 1.49. The largest absolute Gasteiger partial charge is 0.288 e. The minimum Gasteiger partial charge on any atom is -0.288 e. The molecule has 2 aromatic carbocycles. The molecule has 2 aliphatic carbocycles. The molecular formula is C23H14O4. The van der Waals surface area contributed by atoms with Crippen LogP contribution in [0.25, 0.3) is 0 Å². The third kappa shape index (κ3) is 2.72. The first kappa shape index (κ1) is 16.8. The molecule has 0 aromatic heterocycles. The standard InChI is InChI=1S/C23H14O4/c24-20-14-8-4-5-9-15(14)21(25)18(20)12-2-1-3-13-19-22(26)16-10-6-7-11-17(16)23(19)27/h1-2,4-13H,3H2/b2-1+. The van der Waals surface area contributed by atoms with Crippen molar-refractivity contribution in [2.45, 2.75) is 6.42 Å². The summed E-state index contributed by atoms with van der Waals surface area (Å²) >= 11 is 0. The number of Topliss-reactive ketones (excluding diaryl/α,β-unsaturated/α-hetero) is 4. The Morgan fingerprint density at radius 2 is 1.00 bits per heavy atom. The van der Waals surface area contributed by atoms with Crippen LogP contribution in [0, 0.1) is 0 Å². The third-order valence-corrected chi connectivity index (χ3v) is 4.67. The monoisotopic (exact) mass is 354 g/mol. The number of hydrogen-bond donors (Lipinski definition) is 0. The Hall–Kier alpha value is -3.66. The zero-order valence-electron chi connectivity index (χ0n) is 14.3. The summed E-state index contributed by atoms with van der Waals surface area (Å²) in [5, 5.41) is 0. The van der Waals surface area contributed by atoms with Gasteiger partial charge in [-0.05, 0) is 12.5 Å². The molecule has 0 atom stereocenters. The van der Waals surface area contributed by atoms with Gasteiger partial charge in [-0.25, -0.2) is 0 Å². The average molecular weight is 354 g/mol. The first-order valence-corrected chi connectivity index (χ1v) is 8.53. The number of carbonyl (C=O) groups excluding carboxylic acids is 4. The lowest BCUT2D eigenvalue weighted by Gasteiger charge is -1.92. The molecule has 27 heavy (non-hydrogen) atoms. The Morgan fingerprint density at radius 3 is 1.44 bits per heavy atom. The zero-order valence-corrected chi connectivity index (χ0v) is 14.3. The van der Waals surface area contributed by atoms with Crippen LogP contribution >= 0.6 is 0 Å². The van der Waals surface area contributed by atoms with Crippen molar-refractivity contribution in [1.82, 2.24) is 0 Å². The molecule has 2 aromatic rings. The Labute approximate surface area is 155 Å². The van der Waals surface area contributed by atoms with Gasteiger partial charge in [-0.2, -0.15) is 0 Å². The maximum atomic E-state index is 12.3. The van der Waals surface area contributed by atoms with Gasteiger partial charge in [-0.1, -0.05) is 66.8 Å². The van der Waals surface area contributed by atoms with Gasteiger partial charge in [0.2, 0.25) is 0 Å². The predicted molar refractivity (Wildman–Crippen MR) is 100 cm³/mol. The zero-order chi connectivity index (χ0) is 19.0. The van der Waals surface area contributed by atoms with E-state index in [0.29, 0.717) is 28.7 Å². The number of allylic oxidation sites excluding steroid dienone is 6. The lowest BCUT2D eigenvalue weighted by atomic mass is 10.1. The number of fused-ring (bicyclic) bond motifs is 2. The van der Waals surface area contributed by atoms with Crippen LogP contribution in [0.3, 0.4) is 0 Å². The highest BCUT2D eigenvalue weighted by molar-refractivity contribution is 6.40. The molecule has 0 bridgehead atoms. The minimum absolute atomic E-state index is 0.125. The first-order chi connectivity index (χ1) is 13.1. The topological polar surface area (TPSA) is 68.3 Å². The van der Waals surface area contributed by atoms with Gasteiger partial charge in [0.05, 0.1) is 11.1 Å². The molecule has 0 heterocycles. The fraction of sp³-hybridized carbons (Fsp3) is 0.0435. The van der Waals surface area contributed by atoms with E-state index in [-0.39, 0.29) is 34.3 Å². The van der Waals surface area contributed by atoms with Crippen LogP contribution in [-0.2, 0) is 0 Å². The molecule has 4 heteroatoms. The van der Waals surface area contributed by atoms with E-state index in [2.05, 4.69) is 0 Å². The fourth-order valence-electron chi connectivity index (χ4n) is 3.31. The molecule has 0 fully saturated rings. The van der Waals surface area contributed by atoms with E-state index in [1.165, 1.54) is 6.08 Å². The van der Waals surface area contributed by atoms with Crippen LogP contribution in [0.2, 0.25) is 0 Å². The van der Waals surface area contributed by atoms with Crippen molar-refractivity contribution >= 4 is 23.1 Å². The molecule has 0 amide bonds. The molecule has 130 valence electrons. The van der Waals surface area contributed by atoms with E-state index < -0.39 is 0 Å². The molecule has 0 aliphatic heterocycles. The van der Waals surface area contributed by atoms with Gasteiger partial charge < -0.3 is 0 Å². The minimum atomic E-state index is -0.282. The Kier molecular flexibility index (Phi) is 4.09. The summed E-state index contributed by atoms with van der Waals surface area (Å²) in [6.07, 6.45) is 6.71. The summed E-state index contributed by atoms with van der Waals surface area (Å²) in [4.78, 5) is 49.1. The molecule has 4 rings (SSSR count). The van der Waals surface area contributed by atoms with Crippen molar-refractivity contribution in [3.8, 4) is 0 Å². The average Bonchev–Trinajstić information content (AvgIpc) is 3.08. The van der Waals surface area contributed by atoms with Crippen LogP contribution in [0.1, 0.15) is 47.9 Å². The van der Waals surface area contributed by atoms with E-state index in [4.69, 9.17) is 0 Å². The number of hydrogen-bond acceptors (Lipinski definition) is 4. The van der Waals surface area contributed by atoms with Crippen LogP contribution in [0.15, 0.2) is 84.0 Å². The van der Waals surface area contributed by atoms with Gasteiger partial charge in [-0.15, -0.1) is 0 Å². The fourth-order valence-corrected chi connectivity index (χ4v) is 3.31. The van der Waals surface area contributed by atoms with Crippen molar-refractivity contribution in [2.24, 2.45) is 0 Å². The maximum Gasteiger partial charge on any atom is 0.197 e. The molecule has 0 radical (unpaired) electrons. The van der Waals surface area contributed by atoms with Crippen molar-refractivity contribution in [3.63, 3.8) is 0 Å². The summed E-state index contributed by atoms with van der Waals surface area (Å²) in [5.41, 5.74) is 1.99. The maximum absolute atomic E-state index is 12.3. The quantitative estimate of drug-likeness (QED) is 0.618. The summed E-state index contributed by atoms with van der Waals surface area (Å²) < 4.78 is 0. The number of benzene rings is 2. The van der Waals surface area contributed by atoms with Crippen molar-refractivity contribution in [1.29, 1.82) is 0 Å². The molecule has 0 spiro atoms. The molecular weight excluding hydrogens is 340 g/mol. The van der Waals surface area contributed by atoms with Gasteiger partial charge in [-0.3, -0.25) is 19.2 Å². The van der Waals surface area contributed by atoms with Gasteiger partial charge >= 0.3 is 0 Å². The van der Waals surface area contributed by atoms with Gasteiger partial charge in [0.1, 0.15) is 0 Å². The van der Waals surface area contributed by atoms with E-state index in [9.17, 15) is 19.2 Å². The molecule has 0 saturated heterocycles. The molecule has 4 nitrogen and oxygen atoms in total. The highest BCUT2D eigenvalue weighted by atomic mass is 16.2. The first-order valence-electron chi connectivity index (χ1n) is 8.53.